The van der Waals surface area contributed by atoms with E-state index in [2.05, 4.69) is 4.90 Å². The molecule has 2 heterocycles. The summed E-state index contributed by atoms with van der Waals surface area (Å²) in [6, 6.07) is 6.98. The van der Waals surface area contributed by atoms with E-state index in [-0.39, 0.29) is 35.8 Å². The summed E-state index contributed by atoms with van der Waals surface area (Å²) in [5.41, 5.74) is 0.581. The molecule has 3 rings (SSSR count). The van der Waals surface area contributed by atoms with Gasteiger partial charge in [0.15, 0.2) is 0 Å². The Morgan fingerprint density at radius 3 is 2.58 bits per heavy atom. The fourth-order valence-corrected chi connectivity index (χ4v) is 3.72. The summed E-state index contributed by atoms with van der Waals surface area (Å²) in [7, 11) is 1.85. The fraction of sp³-hybridized carbons (Fsp3) is 0.611. The number of nitrogens with zero attached hydrogens (tertiary/aromatic N) is 2. The minimum atomic E-state index is -0.348. The Hall–Kier alpha value is -1.17. The Balaban J connectivity index is 0.00000208. The lowest BCUT2D eigenvalue weighted by atomic mass is 9.88. The summed E-state index contributed by atoms with van der Waals surface area (Å²) in [4.78, 5) is 16.0. The predicted octanol–water partition coefficient (Wildman–Crippen LogP) is 2.50. The van der Waals surface area contributed by atoms with Gasteiger partial charge in [-0.1, -0.05) is 18.2 Å². The van der Waals surface area contributed by atoms with Crippen molar-refractivity contribution >= 4 is 18.3 Å². The molecule has 1 amide bonds. The van der Waals surface area contributed by atoms with Gasteiger partial charge in [-0.2, -0.15) is 0 Å². The standard InChI is InChI=1S/C18H25FN2O2.ClH/c1-14-17(22)20(2)13-18(23-14)8-11-21(12-9-18)10-7-15-5-3-4-6-16(15)19;/h3-6,14H,7-13H2,1-2H3;1H. The van der Waals surface area contributed by atoms with Gasteiger partial charge in [-0.05, 0) is 37.8 Å². The van der Waals surface area contributed by atoms with E-state index in [4.69, 9.17) is 4.74 Å². The van der Waals surface area contributed by atoms with Gasteiger partial charge in [-0.15, -0.1) is 12.4 Å². The number of ether oxygens (including phenoxy) is 1. The van der Waals surface area contributed by atoms with Crippen LogP contribution in [-0.2, 0) is 16.0 Å². The van der Waals surface area contributed by atoms with Crippen molar-refractivity contribution in [3.63, 3.8) is 0 Å². The first-order chi connectivity index (χ1) is 11.0. The lowest BCUT2D eigenvalue weighted by Gasteiger charge is -2.48. The van der Waals surface area contributed by atoms with Crippen molar-refractivity contribution in [2.75, 3.05) is 33.2 Å². The summed E-state index contributed by atoms with van der Waals surface area (Å²) < 4.78 is 19.7. The lowest BCUT2D eigenvalue weighted by Crippen LogP contribution is -2.60. The Morgan fingerprint density at radius 2 is 1.96 bits per heavy atom. The van der Waals surface area contributed by atoms with Crippen molar-refractivity contribution in [1.82, 2.24) is 9.80 Å². The first kappa shape index (κ1) is 19.2. The van der Waals surface area contributed by atoms with Crippen LogP contribution >= 0.6 is 12.4 Å². The van der Waals surface area contributed by atoms with Crippen LogP contribution in [-0.4, -0.2) is 60.6 Å². The van der Waals surface area contributed by atoms with Crippen molar-refractivity contribution in [2.45, 2.75) is 37.9 Å². The summed E-state index contributed by atoms with van der Waals surface area (Å²) in [5.74, 6) is -0.0526. The van der Waals surface area contributed by atoms with Crippen LogP contribution in [0.15, 0.2) is 24.3 Å². The number of benzene rings is 1. The molecule has 0 aliphatic carbocycles. The van der Waals surface area contributed by atoms with E-state index in [0.29, 0.717) is 6.54 Å². The molecule has 0 N–H and O–H groups in total. The number of hydrogen-bond acceptors (Lipinski definition) is 3. The number of carbonyl (C=O) groups excluding carboxylic acids is 1. The van der Waals surface area contributed by atoms with Gasteiger partial charge in [0.2, 0.25) is 0 Å². The van der Waals surface area contributed by atoms with E-state index in [1.807, 2.05) is 26.1 Å². The van der Waals surface area contributed by atoms with Gasteiger partial charge >= 0.3 is 0 Å². The van der Waals surface area contributed by atoms with Crippen LogP contribution in [0.25, 0.3) is 0 Å². The molecule has 0 bridgehead atoms. The molecule has 1 aromatic rings. The van der Waals surface area contributed by atoms with Gasteiger partial charge in [-0.25, -0.2) is 4.39 Å². The minimum absolute atomic E-state index is 0. The Bertz CT molecular complexity index is 560. The summed E-state index contributed by atoms with van der Waals surface area (Å²) in [6.45, 7) is 5.25. The zero-order valence-corrected chi connectivity index (χ0v) is 15.2. The van der Waals surface area contributed by atoms with Crippen molar-refractivity contribution in [3.05, 3.63) is 35.6 Å². The van der Waals surface area contributed by atoms with Gasteiger partial charge in [0.25, 0.3) is 5.91 Å². The molecule has 134 valence electrons. The second-order valence-electron chi connectivity index (χ2n) is 6.82. The highest BCUT2D eigenvalue weighted by molar-refractivity contribution is 5.85. The largest absolute Gasteiger partial charge is 0.360 e. The number of rotatable bonds is 3. The van der Waals surface area contributed by atoms with Crippen LogP contribution in [0.1, 0.15) is 25.3 Å². The molecule has 0 aromatic heterocycles. The topological polar surface area (TPSA) is 32.8 Å². The number of hydrogen-bond donors (Lipinski definition) is 0. The third-order valence-corrected chi connectivity index (χ3v) is 5.10. The zero-order valence-electron chi connectivity index (χ0n) is 14.3. The van der Waals surface area contributed by atoms with E-state index in [1.54, 1.807) is 11.0 Å². The van der Waals surface area contributed by atoms with Crippen LogP contribution in [0.5, 0.6) is 0 Å². The molecule has 2 fully saturated rings. The van der Waals surface area contributed by atoms with E-state index in [0.717, 1.165) is 44.5 Å². The molecular weight excluding hydrogens is 331 g/mol. The fourth-order valence-electron chi connectivity index (χ4n) is 3.72. The second-order valence-corrected chi connectivity index (χ2v) is 6.82. The van der Waals surface area contributed by atoms with Crippen LogP contribution in [0.2, 0.25) is 0 Å². The third kappa shape index (κ3) is 4.08. The molecule has 1 spiro atoms. The quantitative estimate of drug-likeness (QED) is 0.834. The molecule has 24 heavy (non-hydrogen) atoms. The maximum Gasteiger partial charge on any atom is 0.251 e. The summed E-state index contributed by atoms with van der Waals surface area (Å²) in [5, 5.41) is 0. The van der Waals surface area contributed by atoms with Gasteiger partial charge < -0.3 is 14.5 Å². The van der Waals surface area contributed by atoms with Gasteiger partial charge in [0.05, 0.1) is 5.60 Å². The third-order valence-electron chi connectivity index (χ3n) is 5.10. The number of amides is 1. The number of likely N-dealkylation sites (N-methyl/N-ethyl adjacent to an activating group) is 1. The highest BCUT2D eigenvalue weighted by Crippen LogP contribution is 2.32. The van der Waals surface area contributed by atoms with Crippen LogP contribution in [0.3, 0.4) is 0 Å². The van der Waals surface area contributed by atoms with E-state index >= 15 is 0 Å². The molecule has 2 aliphatic rings. The normalized spacial score (nSPS) is 24.0. The van der Waals surface area contributed by atoms with Crippen LogP contribution in [0, 0.1) is 5.82 Å². The van der Waals surface area contributed by atoms with Crippen molar-refractivity contribution in [2.24, 2.45) is 0 Å². The summed E-state index contributed by atoms with van der Waals surface area (Å²) in [6.07, 6.45) is 2.23. The number of morpholine rings is 1. The SMILES string of the molecule is CC1OC2(CCN(CCc3ccccc3F)CC2)CN(C)C1=O.Cl. The van der Waals surface area contributed by atoms with Gasteiger partial charge in [0.1, 0.15) is 11.9 Å². The highest BCUT2D eigenvalue weighted by atomic mass is 35.5. The molecule has 6 heteroatoms. The molecule has 4 nitrogen and oxygen atoms in total. The van der Waals surface area contributed by atoms with E-state index in [9.17, 15) is 9.18 Å². The maximum absolute atomic E-state index is 13.7. The maximum atomic E-state index is 13.7. The molecule has 1 atom stereocenters. The number of carbonyl (C=O) groups is 1. The molecule has 0 saturated carbocycles. The summed E-state index contributed by atoms with van der Waals surface area (Å²) >= 11 is 0. The average Bonchev–Trinajstić information content (AvgIpc) is 2.53. The highest BCUT2D eigenvalue weighted by Gasteiger charge is 2.44. The van der Waals surface area contributed by atoms with Crippen LogP contribution < -0.4 is 0 Å². The smallest absolute Gasteiger partial charge is 0.251 e. The Labute approximate surface area is 149 Å². The predicted molar refractivity (Wildman–Crippen MR) is 93.9 cm³/mol. The van der Waals surface area contributed by atoms with Gasteiger partial charge in [-0.3, -0.25) is 4.79 Å². The van der Waals surface area contributed by atoms with Crippen LogP contribution in [0.4, 0.5) is 4.39 Å². The molecule has 2 aliphatic heterocycles. The first-order valence-electron chi connectivity index (χ1n) is 8.38. The molecule has 0 radical (unpaired) electrons. The van der Waals surface area contributed by atoms with Crippen molar-refractivity contribution < 1.29 is 13.9 Å². The number of likely N-dealkylation sites (tertiary alicyclic amines) is 1. The van der Waals surface area contributed by atoms with E-state index < -0.39 is 0 Å². The van der Waals surface area contributed by atoms with Gasteiger partial charge in [0, 0.05) is 33.2 Å². The lowest BCUT2D eigenvalue weighted by molar-refractivity contribution is -0.186. The average molecular weight is 357 g/mol. The van der Waals surface area contributed by atoms with E-state index in [1.165, 1.54) is 6.07 Å². The molecule has 1 unspecified atom stereocenters. The van der Waals surface area contributed by atoms with Crippen molar-refractivity contribution in [3.8, 4) is 0 Å². The second kappa shape index (κ2) is 7.81. The number of halogens is 2. The number of piperidine rings is 1. The molecule has 1 aromatic carbocycles. The Kier molecular flexibility index (Phi) is 6.23. The van der Waals surface area contributed by atoms with Crippen molar-refractivity contribution in [1.29, 1.82) is 0 Å². The first-order valence-corrected chi connectivity index (χ1v) is 8.38. The Morgan fingerprint density at radius 1 is 1.29 bits per heavy atom. The molecule has 2 saturated heterocycles. The monoisotopic (exact) mass is 356 g/mol. The minimum Gasteiger partial charge on any atom is -0.360 e. The molecular formula is C18H26ClFN2O2. The zero-order chi connectivity index (χ0) is 16.4.